The van der Waals surface area contributed by atoms with Gasteiger partial charge in [-0.2, -0.15) is 0 Å². The number of halogens is 1. The third-order valence-electron chi connectivity index (χ3n) is 4.50. The minimum atomic E-state index is -0.172. The maximum atomic E-state index is 12.2. The van der Waals surface area contributed by atoms with E-state index in [1.165, 1.54) is 4.90 Å². The van der Waals surface area contributed by atoms with E-state index in [-0.39, 0.29) is 17.9 Å². The normalized spacial score (nSPS) is 19.0. The van der Waals surface area contributed by atoms with Crippen molar-refractivity contribution in [2.75, 3.05) is 5.73 Å². The van der Waals surface area contributed by atoms with Crippen molar-refractivity contribution in [3.63, 3.8) is 0 Å². The molecule has 1 aromatic heterocycles. The number of carbonyl (C=O) groups excluding carboxylic acids is 2. The van der Waals surface area contributed by atoms with Crippen LogP contribution in [-0.2, 0) is 0 Å². The molecule has 0 saturated heterocycles. The SMILES string of the molecule is N=C1CCC(N2C(=O)c3ccccc3C2=O)CC1.Nc1ccc(Br)cn1. The van der Waals surface area contributed by atoms with Crippen LogP contribution >= 0.6 is 15.9 Å². The van der Waals surface area contributed by atoms with E-state index in [9.17, 15) is 9.59 Å². The second-order valence-corrected chi connectivity index (χ2v) is 7.18. The summed E-state index contributed by atoms with van der Waals surface area (Å²) in [6.07, 6.45) is 4.50. The first kappa shape index (κ1) is 18.3. The first-order valence-electron chi connectivity index (χ1n) is 8.37. The molecule has 4 rings (SSSR count). The van der Waals surface area contributed by atoms with Gasteiger partial charge in [-0.3, -0.25) is 14.5 Å². The van der Waals surface area contributed by atoms with Crippen molar-refractivity contribution < 1.29 is 9.59 Å². The molecule has 134 valence electrons. The van der Waals surface area contributed by atoms with Gasteiger partial charge in [0.15, 0.2) is 0 Å². The minimum absolute atomic E-state index is 0.0356. The number of benzene rings is 1. The number of aromatic nitrogens is 1. The highest BCUT2D eigenvalue weighted by molar-refractivity contribution is 9.10. The van der Waals surface area contributed by atoms with Gasteiger partial charge in [-0.05, 0) is 65.9 Å². The summed E-state index contributed by atoms with van der Waals surface area (Å²) in [5.74, 6) is 0.205. The van der Waals surface area contributed by atoms with Gasteiger partial charge in [-0.1, -0.05) is 12.1 Å². The number of nitrogens with two attached hydrogens (primary N) is 1. The van der Waals surface area contributed by atoms with E-state index in [2.05, 4.69) is 20.9 Å². The number of rotatable bonds is 1. The monoisotopic (exact) mass is 414 g/mol. The van der Waals surface area contributed by atoms with Crippen LogP contribution in [-0.4, -0.2) is 33.5 Å². The highest BCUT2D eigenvalue weighted by atomic mass is 79.9. The van der Waals surface area contributed by atoms with Crippen molar-refractivity contribution >= 4 is 39.3 Å². The molecule has 0 spiro atoms. The zero-order valence-electron chi connectivity index (χ0n) is 14.1. The fourth-order valence-corrected chi connectivity index (χ4v) is 3.37. The molecule has 1 aliphatic heterocycles. The molecule has 26 heavy (non-hydrogen) atoms. The molecule has 1 aromatic carbocycles. The van der Waals surface area contributed by atoms with Crippen molar-refractivity contribution in [3.8, 4) is 0 Å². The predicted molar refractivity (Wildman–Crippen MR) is 103 cm³/mol. The lowest BCUT2D eigenvalue weighted by molar-refractivity contribution is 0.0565. The summed E-state index contributed by atoms with van der Waals surface area (Å²) in [5, 5.41) is 7.59. The van der Waals surface area contributed by atoms with Crippen LogP contribution in [0.25, 0.3) is 0 Å². The highest BCUT2D eigenvalue weighted by Crippen LogP contribution is 2.29. The number of pyridine rings is 1. The molecule has 0 atom stereocenters. The zero-order chi connectivity index (χ0) is 18.7. The summed E-state index contributed by atoms with van der Waals surface area (Å²) in [5.41, 5.74) is 7.05. The summed E-state index contributed by atoms with van der Waals surface area (Å²) in [4.78, 5) is 29.7. The third-order valence-corrected chi connectivity index (χ3v) is 4.97. The molecule has 7 heteroatoms. The molecular weight excluding hydrogens is 396 g/mol. The molecule has 6 nitrogen and oxygen atoms in total. The molecule has 1 fully saturated rings. The number of nitrogen functional groups attached to an aromatic ring is 1. The maximum Gasteiger partial charge on any atom is 0.261 e. The molecule has 2 aromatic rings. The number of nitrogens with one attached hydrogen (secondary N) is 1. The molecule has 0 bridgehead atoms. The number of anilines is 1. The summed E-state index contributed by atoms with van der Waals surface area (Å²) < 4.78 is 0.951. The lowest BCUT2D eigenvalue weighted by Gasteiger charge is -2.29. The Morgan fingerprint density at radius 3 is 2.08 bits per heavy atom. The van der Waals surface area contributed by atoms with Crippen LogP contribution in [0, 0.1) is 5.41 Å². The fraction of sp³-hybridized carbons (Fsp3) is 0.263. The Morgan fingerprint density at radius 2 is 1.62 bits per heavy atom. The second-order valence-electron chi connectivity index (χ2n) is 6.26. The minimum Gasteiger partial charge on any atom is -0.384 e. The van der Waals surface area contributed by atoms with Crippen molar-refractivity contribution in [3.05, 3.63) is 58.2 Å². The Kier molecular flexibility index (Phi) is 5.46. The van der Waals surface area contributed by atoms with Crippen molar-refractivity contribution in [1.82, 2.24) is 9.88 Å². The van der Waals surface area contributed by atoms with E-state index in [0.29, 0.717) is 29.8 Å². The number of hydrogen-bond donors (Lipinski definition) is 2. The Morgan fingerprint density at radius 1 is 1.04 bits per heavy atom. The predicted octanol–water partition coefficient (Wildman–Crippen LogP) is 3.67. The number of nitrogens with zero attached hydrogens (tertiary/aromatic N) is 2. The number of amides is 2. The van der Waals surface area contributed by atoms with Crippen LogP contribution in [0.4, 0.5) is 5.82 Å². The molecule has 1 aliphatic carbocycles. The van der Waals surface area contributed by atoms with Gasteiger partial charge in [-0.15, -0.1) is 0 Å². The largest absolute Gasteiger partial charge is 0.384 e. The average molecular weight is 415 g/mol. The second kappa shape index (κ2) is 7.78. The van der Waals surface area contributed by atoms with E-state index >= 15 is 0 Å². The molecule has 2 aliphatic rings. The Balaban J connectivity index is 0.000000206. The van der Waals surface area contributed by atoms with Gasteiger partial charge in [0, 0.05) is 22.4 Å². The molecular formula is C19H19BrN4O2. The first-order chi connectivity index (χ1) is 12.5. The van der Waals surface area contributed by atoms with Gasteiger partial charge in [0.05, 0.1) is 11.1 Å². The van der Waals surface area contributed by atoms with Gasteiger partial charge < -0.3 is 11.1 Å². The van der Waals surface area contributed by atoms with Crippen LogP contribution < -0.4 is 5.73 Å². The van der Waals surface area contributed by atoms with Gasteiger partial charge in [0.1, 0.15) is 5.82 Å². The summed E-state index contributed by atoms with van der Waals surface area (Å²) in [6.45, 7) is 0. The van der Waals surface area contributed by atoms with Crippen LogP contribution in [0.1, 0.15) is 46.4 Å². The van der Waals surface area contributed by atoms with Crippen molar-refractivity contribution in [2.45, 2.75) is 31.7 Å². The molecule has 1 saturated carbocycles. The Labute approximate surface area is 160 Å². The Hall–Kier alpha value is -2.54. The van der Waals surface area contributed by atoms with E-state index < -0.39 is 0 Å². The summed E-state index contributed by atoms with van der Waals surface area (Å²) in [6, 6.07) is 10.5. The smallest absolute Gasteiger partial charge is 0.261 e. The van der Waals surface area contributed by atoms with E-state index in [4.69, 9.17) is 11.1 Å². The molecule has 0 radical (unpaired) electrons. The van der Waals surface area contributed by atoms with Crippen LogP contribution in [0.5, 0.6) is 0 Å². The fourth-order valence-electron chi connectivity index (χ4n) is 3.14. The topological polar surface area (TPSA) is 100 Å². The van der Waals surface area contributed by atoms with Crippen LogP contribution in [0.2, 0.25) is 0 Å². The summed E-state index contributed by atoms with van der Waals surface area (Å²) in [7, 11) is 0. The standard InChI is InChI=1S/C14H14N2O2.C5H5BrN2/c15-9-5-7-10(8-6-9)16-13(17)11-3-1-2-4-12(11)14(16)18;6-4-1-2-5(7)8-3-4/h1-4,10,15H,5-8H2;1-3H,(H2,7,8). The molecule has 0 unspecified atom stereocenters. The quantitative estimate of drug-likeness (QED) is 0.694. The molecule has 2 heterocycles. The number of imide groups is 1. The number of hydrogen-bond acceptors (Lipinski definition) is 5. The van der Waals surface area contributed by atoms with E-state index in [0.717, 1.165) is 23.0 Å². The van der Waals surface area contributed by atoms with E-state index in [1.807, 2.05) is 6.07 Å². The number of fused-ring (bicyclic) bond motifs is 1. The molecule has 3 N–H and O–H groups in total. The first-order valence-corrected chi connectivity index (χ1v) is 9.17. The van der Waals surface area contributed by atoms with Crippen LogP contribution in [0.3, 0.4) is 0 Å². The lowest BCUT2D eigenvalue weighted by Crippen LogP contribution is -2.42. The maximum absolute atomic E-state index is 12.2. The average Bonchev–Trinajstić information content (AvgIpc) is 2.90. The third kappa shape index (κ3) is 3.83. The molecule has 2 amide bonds. The van der Waals surface area contributed by atoms with Gasteiger partial charge in [-0.25, -0.2) is 4.98 Å². The number of carbonyl (C=O) groups is 2. The van der Waals surface area contributed by atoms with Gasteiger partial charge >= 0.3 is 0 Å². The Bertz CT molecular complexity index is 785. The van der Waals surface area contributed by atoms with Gasteiger partial charge in [0.25, 0.3) is 11.8 Å². The van der Waals surface area contributed by atoms with Gasteiger partial charge in [0.2, 0.25) is 0 Å². The zero-order valence-corrected chi connectivity index (χ0v) is 15.7. The van der Waals surface area contributed by atoms with Crippen LogP contribution in [0.15, 0.2) is 47.1 Å². The van der Waals surface area contributed by atoms with Crippen molar-refractivity contribution in [1.29, 1.82) is 5.41 Å². The van der Waals surface area contributed by atoms with E-state index in [1.54, 1.807) is 36.5 Å². The highest BCUT2D eigenvalue weighted by Gasteiger charge is 2.40. The summed E-state index contributed by atoms with van der Waals surface area (Å²) >= 11 is 3.23. The lowest BCUT2D eigenvalue weighted by atomic mass is 9.92. The van der Waals surface area contributed by atoms with Crippen molar-refractivity contribution in [2.24, 2.45) is 0 Å².